The standard InChI is InChI=1S/C75H97N7O35/c1-34(83)102-31-54-63(106-37(4)86)69(112-43(10)92)66(109-40(7)89)60(115-54)50(72(76)98)27-80-57(95)21-24-77-73(99)51(61-67(110-41(8)90)70(113-44(11)93)64(107-38(5)87)55(116-61)32-103-35(2)84)28-81-58(96)22-25-78-74(100)52(62-68(111-42(9)91)71(114-45(12)94)65(108-39(6)88)56(117-62)33-104-36(3)85)29-82-59(97)23-26-79-75(101)105-30-53-48-19-15-13-17-46(48)47-18-14-16-20-49(47)53/h13-20,50-56,60-71H,21-33H2,1-12H3,(H2,76,98)(H,77,99)(H,78,100)(H,79,101)(H,80,95)(H,81,96)(H,82,97)/t50-,51-,52-,54-,55-,56-,60+,61+,62+,63-,64-,65-,66+,67+,68+,69+,70+,71+/m1/s1. The highest BCUT2D eigenvalue weighted by molar-refractivity contribution is 5.86. The number of hydrogen-bond acceptors (Lipinski definition) is 35. The SMILES string of the molecule is CC(=O)OC[C@H]1O[C@@H]([C@@H](CNC(=O)CCNC(=O)[C@H](CNC(=O)CCNC(=O)[C@H](CNC(=O)CCNC(=O)OCC2c3ccccc3-c3ccccc32)[C@@H]2O[C@H](COC(C)=O)[C@@H](OC(C)=O)[C@H](OC(C)=O)[C@H]2OC(C)=O)[C@@H]2O[C@H](COC(C)=O)[C@@H](OC(C)=O)[C@H](OC(C)=O)[C@H]2OC(C)=O)C(N)=O)[C@H](OC(C)=O)[C@@H](OC(C)=O)[C@@H]1OC(C)=O. The van der Waals surface area contributed by atoms with Crippen LogP contribution < -0.4 is 37.6 Å². The van der Waals surface area contributed by atoms with E-state index >= 15 is 0 Å². The monoisotopic (exact) mass is 1660 g/mol. The van der Waals surface area contributed by atoms with Crippen LogP contribution in [0.25, 0.3) is 11.1 Å². The van der Waals surface area contributed by atoms with Gasteiger partial charge in [0.2, 0.25) is 35.4 Å². The number of ether oxygens (including phenoxy) is 16. The van der Waals surface area contributed by atoms with E-state index in [1.165, 1.54) is 0 Å². The number of benzene rings is 2. The third-order valence-corrected chi connectivity index (χ3v) is 18.1. The maximum absolute atomic E-state index is 14.9. The summed E-state index contributed by atoms with van der Waals surface area (Å²) in [6.45, 7) is 5.27. The van der Waals surface area contributed by atoms with E-state index < -0.39 is 294 Å². The Labute approximate surface area is 669 Å². The highest BCUT2D eigenvalue weighted by atomic mass is 16.7. The van der Waals surface area contributed by atoms with Gasteiger partial charge in [-0.3, -0.25) is 86.3 Å². The first-order valence-corrected chi connectivity index (χ1v) is 36.9. The molecule has 3 aliphatic heterocycles. The zero-order chi connectivity index (χ0) is 86.7. The summed E-state index contributed by atoms with van der Waals surface area (Å²) in [5.74, 6) is -23.8. The van der Waals surface area contributed by atoms with E-state index in [2.05, 4.69) is 31.9 Å². The van der Waals surface area contributed by atoms with Crippen molar-refractivity contribution in [2.75, 3.05) is 65.7 Å². The second-order valence-electron chi connectivity index (χ2n) is 27.2. The van der Waals surface area contributed by atoms with Gasteiger partial charge in [0, 0.05) is 148 Å². The molecule has 6 rings (SSSR count). The van der Waals surface area contributed by atoms with Crippen LogP contribution in [0.1, 0.15) is 119 Å². The van der Waals surface area contributed by atoms with Gasteiger partial charge < -0.3 is 113 Å². The summed E-state index contributed by atoms with van der Waals surface area (Å²) in [5, 5.41) is 15.0. The van der Waals surface area contributed by atoms with Crippen LogP contribution in [-0.4, -0.2) is 270 Å². The van der Waals surface area contributed by atoms with Crippen LogP contribution in [0.5, 0.6) is 0 Å². The lowest BCUT2D eigenvalue weighted by molar-refractivity contribution is -0.259. The van der Waals surface area contributed by atoms with Gasteiger partial charge >= 0.3 is 77.7 Å². The molecule has 42 nitrogen and oxygen atoms in total. The van der Waals surface area contributed by atoms with Crippen molar-refractivity contribution in [2.24, 2.45) is 23.5 Å². The molecular weight excluding hydrogens is 1560 g/mol. The van der Waals surface area contributed by atoms with Crippen molar-refractivity contribution >= 4 is 113 Å². The smallest absolute Gasteiger partial charge is 0.407 e. The number of amides is 7. The van der Waals surface area contributed by atoms with Crippen LogP contribution >= 0.6 is 0 Å². The minimum absolute atomic E-state index is 0.0636. The first-order valence-electron chi connectivity index (χ1n) is 36.9. The minimum Gasteiger partial charge on any atom is -0.463 e. The molecule has 0 bridgehead atoms. The maximum Gasteiger partial charge on any atom is 0.407 e. The van der Waals surface area contributed by atoms with Crippen molar-refractivity contribution in [1.29, 1.82) is 0 Å². The zero-order valence-electron chi connectivity index (χ0n) is 66.1. The molecule has 0 radical (unpaired) electrons. The van der Waals surface area contributed by atoms with Crippen LogP contribution in [-0.2, 0) is 162 Å². The molecule has 2 aromatic rings. The molecule has 1 aliphatic carbocycles. The normalized spacial score (nSPS) is 23.7. The molecule has 3 heterocycles. The summed E-state index contributed by atoms with van der Waals surface area (Å²) >= 11 is 0. The molecule has 4 aliphatic rings. The molecule has 18 atom stereocenters. The number of nitrogens with one attached hydrogen (secondary N) is 6. The molecule has 42 heteroatoms. The zero-order valence-corrected chi connectivity index (χ0v) is 66.1. The fraction of sp³-hybridized carbons (Fsp3) is 0.587. The van der Waals surface area contributed by atoms with E-state index in [0.29, 0.717) is 0 Å². The second-order valence-corrected chi connectivity index (χ2v) is 27.2. The molecule has 0 spiro atoms. The van der Waals surface area contributed by atoms with Gasteiger partial charge in [-0.1, -0.05) is 48.5 Å². The van der Waals surface area contributed by atoms with Crippen molar-refractivity contribution in [3.63, 3.8) is 0 Å². The van der Waals surface area contributed by atoms with E-state index in [-0.39, 0.29) is 19.1 Å². The first kappa shape index (κ1) is 93.9. The number of hydrogen-bond donors (Lipinski definition) is 7. The van der Waals surface area contributed by atoms with Gasteiger partial charge in [-0.25, -0.2) is 4.79 Å². The van der Waals surface area contributed by atoms with Crippen LogP contribution in [0.3, 0.4) is 0 Å². The fourth-order valence-corrected chi connectivity index (χ4v) is 13.6. The summed E-state index contributed by atoms with van der Waals surface area (Å²) in [6, 6.07) is 15.2. The topological polar surface area (TPSA) is 570 Å². The number of rotatable bonds is 38. The average molecular weight is 1660 g/mol. The number of alkyl carbamates (subject to hydrolysis) is 1. The van der Waals surface area contributed by atoms with Gasteiger partial charge in [0.25, 0.3) is 0 Å². The van der Waals surface area contributed by atoms with E-state index in [9.17, 15) is 91.1 Å². The Morgan fingerprint density at radius 3 is 0.872 bits per heavy atom. The summed E-state index contributed by atoms with van der Waals surface area (Å²) in [7, 11) is 0. The van der Waals surface area contributed by atoms with Gasteiger partial charge in [0.05, 0.1) is 17.8 Å². The predicted molar refractivity (Wildman–Crippen MR) is 388 cm³/mol. The molecule has 7 amide bonds. The fourth-order valence-electron chi connectivity index (χ4n) is 13.6. The van der Waals surface area contributed by atoms with E-state index in [1.807, 2.05) is 48.5 Å². The Morgan fingerprint density at radius 1 is 0.316 bits per heavy atom. The number of fused-ring (bicyclic) bond motifs is 3. The molecular formula is C75H97N7O35. The third-order valence-electron chi connectivity index (χ3n) is 18.1. The lowest BCUT2D eigenvalue weighted by Crippen LogP contribution is -2.66. The summed E-state index contributed by atoms with van der Waals surface area (Å²) in [5.41, 5.74) is 9.68. The maximum atomic E-state index is 14.9. The number of carbonyl (C=O) groups is 19. The molecule has 0 saturated carbocycles. The molecule has 8 N–H and O–H groups in total. The predicted octanol–water partition coefficient (Wildman–Crippen LogP) is -2.01. The van der Waals surface area contributed by atoms with Crippen molar-refractivity contribution in [1.82, 2.24) is 31.9 Å². The number of nitrogens with two attached hydrogens (primary N) is 1. The van der Waals surface area contributed by atoms with E-state index in [4.69, 9.17) is 81.5 Å². The van der Waals surface area contributed by atoms with Crippen molar-refractivity contribution in [3.8, 4) is 11.1 Å². The molecule has 3 fully saturated rings. The Morgan fingerprint density at radius 2 is 0.581 bits per heavy atom. The highest BCUT2D eigenvalue weighted by Crippen LogP contribution is 2.45. The lowest BCUT2D eigenvalue weighted by atomic mass is 9.86. The minimum atomic E-state index is -1.95. The molecule has 0 unspecified atom stereocenters. The van der Waals surface area contributed by atoms with Crippen LogP contribution in [0.4, 0.5) is 4.79 Å². The highest BCUT2D eigenvalue weighted by Gasteiger charge is 2.59. The Bertz CT molecular complexity index is 3960. The lowest BCUT2D eigenvalue weighted by Gasteiger charge is -2.46. The summed E-state index contributed by atoms with van der Waals surface area (Å²) < 4.78 is 89.7. The van der Waals surface area contributed by atoms with E-state index in [0.717, 1.165) is 105 Å². The Kier molecular flexibility index (Phi) is 36.0. The van der Waals surface area contributed by atoms with Gasteiger partial charge in [0.1, 0.15) is 63.1 Å². The van der Waals surface area contributed by atoms with Gasteiger partial charge in [-0.05, 0) is 22.3 Å². The molecule has 2 aromatic carbocycles. The number of carbonyl (C=O) groups excluding carboxylic acids is 19. The van der Waals surface area contributed by atoms with Crippen LogP contribution in [0.15, 0.2) is 48.5 Å². The molecule has 0 aromatic heterocycles. The van der Waals surface area contributed by atoms with E-state index in [1.54, 1.807) is 0 Å². The second kappa shape index (κ2) is 44.8. The van der Waals surface area contributed by atoms with Crippen LogP contribution in [0, 0.1) is 17.8 Å². The Hall–Kier alpha value is -11.9. The van der Waals surface area contributed by atoms with Gasteiger partial charge in [-0.2, -0.15) is 0 Å². The first-order chi connectivity index (χ1) is 55.2. The molecule has 3 saturated heterocycles. The number of esters is 12. The summed E-state index contributed by atoms with van der Waals surface area (Å²) in [6.07, 6.45) is -29.2. The number of primary amides is 1. The molecule has 117 heavy (non-hydrogen) atoms. The average Bonchev–Trinajstić information content (AvgIpc) is 1.63. The molecule has 642 valence electrons. The van der Waals surface area contributed by atoms with Crippen molar-refractivity contribution in [2.45, 2.75) is 200 Å². The van der Waals surface area contributed by atoms with Crippen LogP contribution in [0.2, 0.25) is 0 Å². The largest absolute Gasteiger partial charge is 0.463 e. The summed E-state index contributed by atoms with van der Waals surface area (Å²) in [4.78, 5) is 249. The van der Waals surface area contributed by atoms with Crippen molar-refractivity contribution < 1.29 is 167 Å². The van der Waals surface area contributed by atoms with Crippen molar-refractivity contribution in [3.05, 3.63) is 59.7 Å². The van der Waals surface area contributed by atoms with Gasteiger partial charge in [-0.15, -0.1) is 0 Å². The quantitative estimate of drug-likeness (QED) is 0.0282. The Balaban J connectivity index is 1.27. The van der Waals surface area contributed by atoms with Gasteiger partial charge in [0.15, 0.2) is 54.9 Å². The third kappa shape index (κ3) is 28.5.